The highest BCUT2D eigenvalue weighted by atomic mass is 15.1. The van der Waals surface area contributed by atoms with E-state index in [0.29, 0.717) is 0 Å². The highest BCUT2D eigenvalue weighted by Gasteiger charge is 2.06. The number of aromatic nitrogens is 1. The van der Waals surface area contributed by atoms with Gasteiger partial charge in [0, 0.05) is 37.2 Å². The zero-order valence-corrected chi connectivity index (χ0v) is 6.49. The number of likely N-dealkylation sites (N-methyl/N-ethyl adjacent to an activating group) is 1. The number of anilines is 1. The fourth-order valence-electron chi connectivity index (χ4n) is 1.31. The average molecular weight is 146 g/mol. The zero-order valence-electron chi connectivity index (χ0n) is 6.49. The molecule has 0 atom stereocenters. The number of pyridine rings is 1. The van der Waals surface area contributed by atoms with Gasteiger partial charge in [0.1, 0.15) is 0 Å². The number of nitrogens with zero attached hydrogens (tertiary/aromatic N) is 2. The molecule has 0 aromatic carbocycles. The van der Waals surface area contributed by atoms with E-state index in [1.54, 1.807) is 0 Å². The van der Waals surface area contributed by atoms with Crippen LogP contribution in [-0.2, 0) is 0 Å². The molecule has 2 heteroatoms. The van der Waals surface area contributed by atoms with Gasteiger partial charge in [-0.1, -0.05) is 12.2 Å². The topological polar surface area (TPSA) is 16.1 Å². The predicted molar refractivity (Wildman–Crippen MR) is 46.5 cm³/mol. The van der Waals surface area contributed by atoms with Crippen LogP contribution in [0.1, 0.15) is 5.56 Å². The Kier molecular flexibility index (Phi) is 1.39. The molecule has 11 heavy (non-hydrogen) atoms. The molecule has 2 nitrogen and oxygen atoms in total. The van der Waals surface area contributed by atoms with Gasteiger partial charge in [0.05, 0.1) is 0 Å². The summed E-state index contributed by atoms with van der Waals surface area (Å²) in [4.78, 5) is 6.26. The van der Waals surface area contributed by atoms with Gasteiger partial charge < -0.3 is 4.90 Å². The summed E-state index contributed by atoms with van der Waals surface area (Å²) in [5, 5.41) is 0. The SMILES string of the molecule is CN1CC=Cc2cnccc21. The lowest BCUT2D eigenvalue weighted by Crippen LogP contribution is -2.20. The Labute approximate surface area is 66.2 Å². The van der Waals surface area contributed by atoms with E-state index in [0.717, 1.165) is 6.54 Å². The molecule has 1 aromatic rings. The van der Waals surface area contributed by atoms with Crippen LogP contribution in [0.2, 0.25) is 0 Å². The summed E-state index contributed by atoms with van der Waals surface area (Å²) in [6, 6.07) is 2.04. The standard InChI is InChI=1S/C9H10N2/c1-11-6-2-3-8-7-10-5-4-9(8)11/h2-5,7H,6H2,1H3. The van der Waals surface area contributed by atoms with E-state index in [-0.39, 0.29) is 0 Å². The van der Waals surface area contributed by atoms with Crippen LogP contribution >= 0.6 is 0 Å². The van der Waals surface area contributed by atoms with Crippen molar-refractivity contribution in [1.29, 1.82) is 0 Å². The molecule has 0 N–H and O–H groups in total. The first-order chi connectivity index (χ1) is 5.38. The Morgan fingerprint density at radius 1 is 1.55 bits per heavy atom. The third kappa shape index (κ3) is 1.00. The van der Waals surface area contributed by atoms with Crippen LogP contribution < -0.4 is 4.90 Å². The quantitative estimate of drug-likeness (QED) is 0.552. The molecule has 56 valence electrons. The van der Waals surface area contributed by atoms with Gasteiger partial charge in [0.2, 0.25) is 0 Å². The summed E-state index contributed by atoms with van der Waals surface area (Å²) in [6.45, 7) is 0.997. The zero-order chi connectivity index (χ0) is 7.68. The van der Waals surface area contributed by atoms with Crippen LogP contribution in [0.5, 0.6) is 0 Å². The molecule has 0 saturated carbocycles. The van der Waals surface area contributed by atoms with Gasteiger partial charge >= 0.3 is 0 Å². The summed E-state index contributed by atoms with van der Waals surface area (Å²) in [5.41, 5.74) is 2.48. The minimum Gasteiger partial charge on any atom is -0.370 e. The monoisotopic (exact) mass is 146 g/mol. The van der Waals surface area contributed by atoms with Crippen LogP contribution in [0.4, 0.5) is 5.69 Å². The van der Waals surface area contributed by atoms with Crippen molar-refractivity contribution in [2.24, 2.45) is 0 Å². The molecule has 0 spiro atoms. The van der Waals surface area contributed by atoms with E-state index >= 15 is 0 Å². The predicted octanol–water partition coefficient (Wildman–Crippen LogP) is 1.54. The smallest absolute Gasteiger partial charge is 0.0470 e. The molecule has 2 heterocycles. The van der Waals surface area contributed by atoms with Gasteiger partial charge in [-0.15, -0.1) is 0 Å². The minimum absolute atomic E-state index is 0.997. The van der Waals surface area contributed by atoms with E-state index in [2.05, 4.69) is 29.1 Å². The normalized spacial score (nSPS) is 14.8. The van der Waals surface area contributed by atoms with Gasteiger partial charge in [-0.2, -0.15) is 0 Å². The Morgan fingerprint density at radius 3 is 3.27 bits per heavy atom. The van der Waals surface area contributed by atoms with Gasteiger partial charge in [0.15, 0.2) is 0 Å². The fraction of sp³-hybridized carbons (Fsp3) is 0.222. The number of hydrogen-bond donors (Lipinski definition) is 0. The summed E-state index contributed by atoms with van der Waals surface area (Å²) in [5.74, 6) is 0. The lowest BCUT2D eigenvalue weighted by Gasteiger charge is -2.22. The Morgan fingerprint density at radius 2 is 2.45 bits per heavy atom. The second-order valence-electron chi connectivity index (χ2n) is 2.72. The lowest BCUT2D eigenvalue weighted by atomic mass is 10.1. The molecule has 0 saturated heterocycles. The van der Waals surface area contributed by atoms with E-state index < -0.39 is 0 Å². The maximum absolute atomic E-state index is 4.05. The summed E-state index contributed by atoms with van der Waals surface area (Å²) >= 11 is 0. The third-order valence-corrected chi connectivity index (χ3v) is 1.92. The fourth-order valence-corrected chi connectivity index (χ4v) is 1.31. The largest absolute Gasteiger partial charge is 0.370 e. The van der Waals surface area contributed by atoms with Crippen LogP contribution in [0.25, 0.3) is 6.08 Å². The van der Waals surface area contributed by atoms with Crippen LogP contribution in [-0.4, -0.2) is 18.6 Å². The summed E-state index contributed by atoms with van der Waals surface area (Å²) in [6.07, 6.45) is 7.97. The first-order valence-electron chi connectivity index (χ1n) is 3.69. The van der Waals surface area contributed by atoms with Crippen molar-refractivity contribution in [3.8, 4) is 0 Å². The molecule has 0 amide bonds. The second kappa shape index (κ2) is 2.38. The van der Waals surface area contributed by atoms with Crippen molar-refractivity contribution in [3.05, 3.63) is 30.1 Å². The molecule has 0 fully saturated rings. The van der Waals surface area contributed by atoms with E-state index in [9.17, 15) is 0 Å². The van der Waals surface area contributed by atoms with Gasteiger partial charge in [0.25, 0.3) is 0 Å². The molecule has 1 aliphatic rings. The summed E-state index contributed by atoms with van der Waals surface area (Å²) < 4.78 is 0. The number of hydrogen-bond acceptors (Lipinski definition) is 2. The van der Waals surface area contributed by atoms with Gasteiger partial charge in [-0.05, 0) is 6.07 Å². The van der Waals surface area contributed by atoms with Crippen molar-refractivity contribution in [1.82, 2.24) is 4.98 Å². The van der Waals surface area contributed by atoms with Gasteiger partial charge in [-0.25, -0.2) is 0 Å². The molecular weight excluding hydrogens is 136 g/mol. The second-order valence-corrected chi connectivity index (χ2v) is 2.72. The number of rotatable bonds is 0. The number of fused-ring (bicyclic) bond motifs is 1. The van der Waals surface area contributed by atoms with Crippen LogP contribution in [0.15, 0.2) is 24.5 Å². The van der Waals surface area contributed by atoms with E-state index in [1.807, 2.05) is 18.5 Å². The maximum atomic E-state index is 4.05. The van der Waals surface area contributed by atoms with Crippen molar-refractivity contribution >= 4 is 11.8 Å². The van der Waals surface area contributed by atoms with E-state index in [1.165, 1.54) is 11.3 Å². The maximum Gasteiger partial charge on any atom is 0.0470 e. The van der Waals surface area contributed by atoms with Crippen LogP contribution in [0.3, 0.4) is 0 Å². The van der Waals surface area contributed by atoms with E-state index in [4.69, 9.17) is 0 Å². The molecule has 0 bridgehead atoms. The highest BCUT2D eigenvalue weighted by Crippen LogP contribution is 2.22. The van der Waals surface area contributed by atoms with Crippen molar-refractivity contribution in [2.45, 2.75) is 0 Å². The lowest BCUT2D eigenvalue weighted by molar-refractivity contribution is 1.01. The molecule has 0 aliphatic carbocycles. The highest BCUT2D eigenvalue weighted by molar-refractivity contribution is 5.69. The van der Waals surface area contributed by atoms with Crippen molar-refractivity contribution in [2.75, 3.05) is 18.5 Å². The summed E-state index contributed by atoms with van der Waals surface area (Å²) in [7, 11) is 2.09. The first-order valence-corrected chi connectivity index (χ1v) is 3.69. The Bertz CT molecular complexity index is 291. The third-order valence-electron chi connectivity index (χ3n) is 1.92. The molecule has 0 radical (unpaired) electrons. The molecular formula is C9H10N2. The average Bonchev–Trinajstić information content (AvgIpc) is 2.06. The molecule has 0 unspecified atom stereocenters. The van der Waals surface area contributed by atoms with Gasteiger partial charge in [-0.3, -0.25) is 4.98 Å². The minimum atomic E-state index is 0.997. The van der Waals surface area contributed by atoms with Crippen molar-refractivity contribution in [3.63, 3.8) is 0 Å². The first kappa shape index (κ1) is 6.40. The Balaban J connectivity index is 2.54. The van der Waals surface area contributed by atoms with Crippen LogP contribution in [0, 0.1) is 0 Å². The van der Waals surface area contributed by atoms with Crippen molar-refractivity contribution < 1.29 is 0 Å². The molecule has 1 aliphatic heterocycles. The Hall–Kier alpha value is -1.31. The molecule has 1 aromatic heterocycles. The molecule has 2 rings (SSSR count).